The van der Waals surface area contributed by atoms with Gasteiger partial charge >= 0.3 is 6.09 Å². The number of anilines is 2. The molecule has 158 valence electrons. The first-order valence-electron chi connectivity index (χ1n) is 9.47. The first-order chi connectivity index (χ1) is 14.5. The molecule has 0 saturated carbocycles. The number of Topliss-reactive ketones (excluding diaryl/α,β-unsaturated/α-hetero) is 1. The van der Waals surface area contributed by atoms with Gasteiger partial charge in [0, 0.05) is 24.5 Å². The van der Waals surface area contributed by atoms with Gasteiger partial charge in [-0.15, -0.1) is 11.3 Å². The summed E-state index contributed by atoms with van der Waals surface area (Å²) in [6.45, 7) is 1.98. The van der Waals surface area contributed by atoms with Crippen LogP contribution in [0.25, 0.3) is 0 Å². The molecule has 1 aromatic heterocycles. The summed E-state index contributed by atoms with van der Waals surface area (Å²) in [4.78, 5) is 40.1. The molecule has 30 heavy (non-hydrogen) atoms. The Morgan fingerprint density at radius 3 is 2.53 bits per heavy atom. The van der Waals surface area contributed by atoms with Gasteiger partial charge in [0.25, 0.3) is 5.91 Å². The first kappa shape index (κ1) is 20.8. The number of ketones is 1. The van der Waals surface area contributed by atoms with Crippen molar-refractivity contribution < 1.29 is 23.9 Å². The first-order valence-corrected chi connectivity index (χ1v) is 10.7. The van der Waals surface area contributed by atoms with E-state index in [1.54, 1.807) is 29.2 Å². The maximum Gasteiger partial charge on any atom is 0.414 e. The van der Waals surface area contributed by atoms with E-state index in [0.717, 1.165) is 5.69 Å². The Morgan fingerprint density at radius 1 is 1.13 bits per heavy atom. The normalized spacial score (nSPS) is 19.3. The number of morpholine rings is 1. The van der Waals surface area contributed by atoms with Gasteiger partial charge in [0.15, 0.2) is 5.78 Å². The van der Waals surface area contributed by atoms with Crippen LogP contribution in [0.15, 0.2) is 36.4 Å². The predicted octanol–water partition coefficient (Wildman–Crippen LogP) is 2.56. The average molecular weight is 450 g/mol. The third-order valence-corrected chi connectivity index (χ3v) is 6.11. The molecule has 0 aliphatic carbocycles. The topological polar surface area (TPSA) is 88.2 Å². The van der Waals surface area contributed by atoms with Crippen molar-refractivity contribution in [3.63, 3.8) is 0 Å². The average Bonchev–Trinajstić information content (AvgIpc) is 3.34. The molecule has 8 nitrogen and oxygen atoms in total. The van der Waals surface area contributed by atoms with Crippen LogP contribution in [0, 0.1) is 0 Å². The molecule has 2 fully saturated rings. The summed E-state index contributed by atoms with van der Waals surface area (Å²) in [6.07, 6.45) is -0.800. The molecule has 3 heterocycles. The lowest BCUT2D eigenvalue weighted by Gasteiger charge is -2.27. The van der Waals surface area contributed by atoms with E-state index >= 15 is 0 Å². The molecule has 1 N–H and O–H groups in total. The van der Waals surface area contributed by atoms with Crippen molar-refractivity contribution >= 4 is 52.1 Å². The van der Waals surface area contributed by atoms with Crippen LogP contribution in [0.2, 0.25) is 4.34 Å². The van der Waals surface area contributed by atoms with E-state index in [1.807, 2.05) is 12.1 Å². The Balaban J connectivity index is 1.30. The second-order valence-corrected chi connectivity index (χ2v) is 8.60. The van der Waals surface area contributed by atoms with Crippen LogP contribution in [-0.4, -0.2) is 63.3 Å². The Morgan fingerprint density at radius 2 is 1.87 bits per heavy atom. The van der Waals surface area contributed by atoms with Crippen molar-refractivity contribution in [3.8, 4) is 0 Å². The second-order valence-electron chi connectivity index (χ2n) is 6.89. The van der Waals surface area contributed by atoms with Crippen LogP contribution < -0.4 is 15.1 Å². The fourth-order valence-corrected chi connectivity index (χ4v) is 4.32. The molecular weight excluding hydrogens is 430 g/mol. The van der Waals surface area contributed by atoms with Crippen LogP contribution in [0.1, 0.15) is 9.67 Å². The number of ether oxygens (including phenoxy) is 2. The maximum atomic E-state index is 12.3. The van der Waals surface area contributed by atoms with Crippen LogP contribution >= 0.6 is 22.9 Å². The second kappa shape index (κ2) is 9.13. The van der Waals surface area contributed by atoms with Gasteiger partial charge in [0.2, 0.25) is 0 Å². The third-order valence-electron chi connectivity index (χ3n) is 4.84. The summed E-state index contributed by atoms with van der Waals surface area (Å²) in [6, 6.07) is 10.6. The van der Waals surface area contributed by atoms with E-state index < -0.39 is 6.09 Å². The van der Waals surface area contributed by atoms with Crippen LogP contribution in [0.3, 0.4) is 0 Å². The minimum atomic E-state index is -0.437. The van der Waals surface area contributed by atoms with Crippen LogP contribution in [0.4, 0.5) is 16.2 Å². The minimum absolute atomic E-state index is 0.0543. The monoisotopic (exact) mass is 449 g/mol. The van der Waals surface area contributed by atoms with E-state index in [-0.39, 0.29) is 30.9 Å². The zero-order chi connectivity index (χ0) is 21.1. The Labute approximate surface area is 182 Å². The van der Waals surface area contributed by atoms with Crippen molar-refractivity contribution in [1.29, 1.82) is 0 Å². The predicted molar refractivity (Wildman–Crippen MR) is 114 cm³/mol. The van der Waals surface area contributed by atoms with Gasteiger partial charge in [0.05, 0.1) is 28.9 Å². The number of hydrogen-bond acceptors (Lipinski definition) is 7. The summed E-state index contributed by atoms with van der Waals surface area (Å²) >= 11 is 7.09. The largest absolute Gasteiger partial charge is 0.443 e. The van der Waals surface area contributed by atoms with Crippen LogP contribution in [0.5, 0.6) is 0 Å². The molecule has 1 aromatic carbocycles. The lowest BCUT2D eigenvalue weighted by molar-refractivity contribution is -0.125. The standard InChI is InChI=1S/C20H20ClN3O5S/c21-18-6-5-17(30-18)16(25)10-22-9-15-11-24(20(27)29-15)14-3-1-13(2-4-14)23-7-8-28-12-19(23)26/h1-6,15,22H,7-12H2. The highest BCUT2D eigenvalue weighted by Crippen LogP contribution is 2.26. The molecule has 0 spiro atoms. The molecule has 10 heteroatoms. The van der Waals surface area contributed by atoms with Gasteiger partial charge in [0.1, 0.15) is 12.7 Å². The fourth-order valence-electron chi connectivity index (χ4n) is 3.34. The van der Waals surface area contributed by atoms with E-state index in [4.69, 9.17) is 21.1 Å². The van der Waals surface area contributed by atoms with E-state index in [9.17, 15) is 14.4 Å². The number of rotatable bonds is 7. The van der Waals surface area contributed by atoms with Gasteiger partial charge in [-0.3, -0.25) is 14.5 Å². The summed E-state index contributed by atoms with van der Waals surface area (Å²) < 4.78 is 11.1. The number of amides is 2. The van der Waals surface area contributed by atoms with E-state index in [0.29, 0.717) is 41.1 Å². The summed E-state index contributed by atoms with van der Waals surface area (Å²) in [5.41, 5.74) is 1.46. The number of halogens is 1. The Bertz CT molecular complexity index is 948. The van der Waals surface area contributed by atoms with Gasteiger partial charge in [-0.05, 0) is 36.4 Å². The molecule has 2 amide bonds. The molecule has 1 unspecified atom stereocenters. The quantitative estimate of drug-likeness (QED) is 0.653. The highest BCUT2D eigenvalue weighted by atomic mass is 35.5. The summed E-state index contributed by atoms with van der Waals surface area (Å²) in [5, 5.41) is 3.04. The lowest BCUT2D eigenvalue weighted by atomic mass is 10.2. The number of carbonyl (C=O) groups is 3. The molecule has 2 aliphatic rings. The molecule has 1 atom stereocenters. The van der Waals surface area contributed by atoms with Gasteiger partial charge in [-0.25, -0.2) is 4.79 Å². The molecular formula is C20H20ClN3O5S. The van der Waals surface area contributed by atoms with Gasteiger partial charge < -0.3 is 19.7 Å². The summed E-state index contributed by atoms with van der Waals surface area (Å²) in [7, 11) is 0. The van der Waals surface area contributed by atoms with Gasteiger partial charge in [-0.2, -0.15) is 0 Å². The SMILES string of the molecule is O=C(CNCC1CN(c2ccc(N3CCOCC3=O)cc2)C(=O)O1)c1ccc(Cl)s1. The molecule has 0 bridgehead atoms. The van der Waals surface area contributed by atoms with Crippen molar-refractivity contribution in [1.82, 2.24) is 5.32 Å². The number of benzene rings is 1. The zero-order valence-corrected chi connectivity index (χ0v) is 17.6. The number of nitrogens with one attached hydrogen (secondary N) is 1. The summed E-state index contributed by atoms with van der Waals surface area (Å²) in [5.74, 6) is -0.138. The lowest BCUT2D eigenvalue weighted by Crippen LogP contribution is -2.41. The number of thiophene rings is 1. The fraction of sp³-hybridized carbons (Fsp3) is 0.350. The molecule has 2 saturated heterocycles. The van der Waals surface area contributed by atoms with Gasteiger partial charge in [-0.1, -0.05) is 11.6 Å². The zero-order valence-electron chi connectivity index (χ0n) is 16.0. The third kappa shape index (κ3) is 4.65. The van der Waals surface area contributed by atoms with Crippen molar-refractivity contribution in [2.75, 3.05) is 49.2 Å². The van der Waals surface area contributed by atoms with Crippen molar-refractivity contribution in [3.05, 3.63) is 45.6 Å². The molecule has 2 aromatic rings. The smallest absolute Gasteiger partial charge is 0.414 e. The van der Waals surface area contributed by atoms with Crippen LogP contribution in [-0.2, 0) is 14.3 Å². The van der Waals surface area contributed by atoms with Crippen molar-refractivity contribution in [2.45, 2.75) is 6.10 Å². The molecule has 4 rings (SSSR count). The number of cyclic esters (lactones) is 1. The molecule has 0 radical (unpaired) electrons. The maximum absolute atomic E-state index is 12.3. The number of hydrogen-bond donors (Lipinski definition) is 1. The highest BCUT2D eigenvalue weighted by Gasteiger charge is 2.32. The molecule has 2 aliphatic heterocycles. The number of carbonyl (C=O) groups excluding carboxylic acids is 3. The Kier molecular flexibility index (Phi) is 6.33. The van der Waals surface area contributed by atoms with E-state index in [1.165, 1.54) is 16.2 Å². The number of nitrogens with zero attached hydrogens (tertiary/aromatic N) is 2. The van der Waals surface area contributed by atoms with E-state index in [2.05, 4.69) is 5.32 Å². The van der Waals surface area contributed by atoms with Crippen molar-refractivity contribution in [2.24, 2.45) is 0 Å². The Hall–Kier alpha value is -2.46. The highest BCUT2D eigenvalue weighted by molar-refractivity contribution is 7.18. The minimum Gasteiger partial charge on any atom is -0.443 e.